The van der Waals surface area contributed by atoms with Gasteiger partial charge < -0.3 is 14.2 Å². The SMILES string of the molecule is CCC1(C)COC(C)(OC)OC1. The Morgan fingerprint density at radius 1 is 1.25 bits per heavy atom. The highest BCUT2D eigenvalue weighted by molar-refractivity contribution is 4.76. The maximum atomic E-state index is 5.48. The highest BCUT2D eigenvalue weighted by atomic mass is 16.9. The molecular weight excluding hydrogens is 156 g/mol. The monoisotopic (exact) mass is 174 g/mol. The molecule has 0 atom stereocenters. The maximum Gasteiger partial charge on any atom is 0.279 e. The van der Waals surface area contributed by atoms with Crippen molar-refractivity contribution in [1.29, 1.82) is 0 Å². The quantitative estimate of drug-likeness (QED) is 0.638. The Kier molecular flexibility index (Phi) is 2.76. The molecule has 0 bridgehead atoms. The average molecular weight is 174 g/mol. The molecule has 1 aliphatic heterocycles. The molecule has 12 heavy (non-hydrogen) atoms. The van der Waals surface area contributed by atoms with Crippen molar-refractivity contribution < 1.29 is 14.2 Å². The standard InChI is InChI=1S/C9H18O3/c1-5-8(2)6-11-9(3,10-4)12-7-8/h5-7H2,1-4H3. The van der Waals surface area contributed by atoms with Crippen LogP contribution in [0.4, 0.5) is 0 Å². The van der Waals surface area contributed by atoms with Gasteiger partial charge in [0.2, 0.25) is 0 Å². The minimum absolute atomic E-state index is 0.151. The first-order chi connectivity index (χ1) is 5.54. The summed E-state index contributed by atoms with van der Waals surface area (Å²) in [4.78, 5) is 0. The number of ether oxygens (including phenoxy) is 3. The molecule has 0 amide bonds. The van der Waals surface area contributed by atoms with E-state index in [0.717, 1.165) is 6.42 Å². The second kappa shape index (κ2) is 3.32. The van der Waals surface area contributed by atoms with Gasteiger partial charge in [0.15, 0.2) is 0 Å². The minimum Gasteiger partial charge on any atom is -0.331 e. The fourth-order valence-corrected chi connectivity index (χ4v) is 1.02. The number of methoxy groups -OCH3 is 1. The first-order valence-electron chi connectivity index (χ1n) is 4.37. The summed E-state index contributed by atoms with van der Waals surface area (Å²) in [5, 5.41) is 0. The third kappa shape index (κ3) is 1.97. The summed E-state index contributed by atoms with van der Waals surface area (Å²) < 4.78 is 16.0. The van der Waals surface area contributed by atoms with Crippen molar-refractivity contribution in [2.75, 3.05) is 20.3 Å². The molecule has 1 heterocycles. The highest BCUT2D eigenvalue weighted by Crippen LogP contribution is 2.32. The van der Waals surface area contributed by atoms with Crippen LogP contribution in [0, 0.1) is 5.41 Å². The highest BCUT2D eigenvalue weighted by Gasteiger charge is 2.38. The number of hydrogen-bond acceptors (Lipinski definition) is 3. The predicted octanol–water partition coefficient (Wildman–Crippen LogP) is 1.77. The molecule has 72 valence electrons. The third-order valence-corrected chi connectivity index (χ3v) is 2.59. The second-order valence-corrected chi connectivity index (χ2v) is 3.81. The zero-order valence-electron chi connectivity index (χ0n) is 8.35. The van der Waals surface area contributed by atoms with Crippen LogP contribution in [-0.4, -0.2) is 26.3 Å². The van der Waals surface area contributed by atoms with Crippen molar-refractivity contribution in [1.82, 2.24) is 0 Å². The molecule has 0 N–H and O–H groups in total. The van der Waals surface area contributed by atoms with Crippen molar-refractivity contribution in [3.05, 3.63) is 0 Å². The smallest absolute Gasteiger partial charge is 0.279 e. The van der Waals surface area contributed by atoms with Crippen molar-refractivity contribution in [2.24, 2.45) is 5.41 Å². The molecule has 1 saturated heterocycles. The molecule has 0 unspecified atom stereocenters. The zero-order chi connectivity index (χ0) is 9.24. The Morgan fingerprint density at radius 2 is 1.75 bits per heavy atom. The first-order valence-corrected chi connectivity index (χ1v) is 4.37. The Morgan fingerprint density at radius 3 is 2.08 bits per heavy atom. The number of hydrogen-bond donors (Lipinski definition) is 0. The fraction of sp³-hybridized carbons (Fsp3) is 1.00. The van der Waals surface area contributed by atoms with Crippen LogP contribution in [0.3, 0.4) is 0 Å². The van der Waals surface area contributed by atoms with Gasteiger partial charge >= 0.3 is 0 Å². The van der Waals surface area contributed by atoms with Gasteiger partial charge in [-0.2, -0.15) is 0 Å². The van der Waals surface area contributed by atoms with E-state index in [-0.39, 0.29) is 5.41 Å². The largest absolute Gasteiger partial charge is 0.331 e. The lowest BCUT2D eigenvalue weighted by atomic mass is 9.89. The van der Waals surface area contributed by atoms with E-state index in [1.165, 1.54) is 0 Å². The van der Waals surface area contributed by atoms with Crippen LogP contribution in [0.25, 0.3) is 0 Å². The van der Waals surface area contributed by atoms with Gasteiger partial charge in [-0.05, 0) is 6.42 Å². The zero-order valence-corrected chi connectivity index (χ0v) is 8.35. The van der Waals surface area contributed by atoms with E-state index < -0.39 is 5.97 Å². The molecule has 0 spiro atoms. The van der Waals surface area contributed by atoms with Crippen LogP contribution in [0.5, 0.6) is 0 Å². The van der Waals surface area contributed by atoms with E-state index in [1.807, 2.05) is 0 Å². The Labute approximate surface area is 74.0 Å². The Balaban J connectivity index is 2.49. The third-order valence-electron chi connectivity index (χ3n) is 2.59. The van der Waals surface area contributed by atoms with E-state index in [2.05, 4.69) is 13.8 Å². The van der Waals surface area contributed by atoms with Gasteiger partial charge in [-0.15, -0.1) is 0 Å². The van der Waals surface area contributed by atoms with Crippen molar-refractivity contribution in [3.63, 3.8) is 0 Å². The lowest BCUT2D eigenvalue weighted by Gasteiger charge is -2.41. The summed E-state index contributed by atoms with van der Waals surface area (Å²) in [6.07, 6.45) is 1.06. The Bertz CT molecular complexity index is 130. The van der Waals surface area contributed by atoms with Crippen LogP contribution in [0.15, 0.2) is 0 Å². The molecule has 1 aliphatic rings. The van der Waals surface area contributed by atoms with Gasteiger partial charge in [-0.25, -0.2) is 0 Å². The van der Waals surface area contributed by atoms with E-state index in [0.29, 0.717) is 13.2 Å². The second-order valence-electron chi connectivity index (χ2n) is 3.81. The molecule has 0 aliphatic carbocycles. The van der Waals surface area contributed by atoms with Crippen LogP contribution < -0.4 is 0 Å². The van der Waals surface area contributed by atoms with Crippen LogP contribution in [-0.2, 0) is 14.2 Å². The molecule has 0 aromatic heterocycles. The molecule has 0 aromatic rings. The topological polar surface area (TPSA) is 27.7 Å². The maximum absolute atomic E-state index is 5.48. The van der Waals surface area contributed by atoms with Gasteiger partial charge in [0, 0.05) is 19.4 Å². The normalized spacial score (nSPS) is 43.0. The van der Waals surface area contributed by atoms with E-state index in [4.69, 9.17) is 14.2 Å². The average Bonchev–Trinajstić information content (AvgIpc) is 2.11. The van der Waals surface area contributed by atoms with Crippen LogP contribution in [0.2, 0.25) is 0 Å². The summed E-state index contributed by atoms with van der Waals surface area (Å²) in [6.45, 7) is 7.49. The molecule has 3 nitrogen and oxygen atoms in total. The van der Waals surface area contributed by atoms with E-state index in [9.17, 15) is 0 Å². The summed E-state index contributed by atoms with van der Waals surface area (Å²) in [5.74, 6) is -0.825. The predicted molar refractivity (Wildman–Crippen MR) is 45.7 cm³/mol. The molecule has 0 aromatic carbocycles. The first kappa shape index (κ1) is 9.96. The Hall–Kier alpha value is -0.120. The molecule has 0 radical (unpaired) electrons. The van der Waals surface area contributed by atoms with Gasteiger partial charge in [-0.1, -0.05) is 13.8 Å². The summed E-state index contributed by atoms with van der Waals surface area (Å²) in [5.41, 5.74) is 0.151. The van der Waals surface area contributed by atoms with Crippen LogP contribution in [0.1, 0.15) is 27.2 Å². The lowest BCUT2D eigenvalue weighted by molar-refractivity contribution is -0.401. The van der Waals surface area contributed by atoms with E-state index >= 15 is 0 Å². The van der Waals surface area contributed by atoms with Crippen LogP contribution >= 0.6 is 0 Å². The summed E-state index contributed by atoms with van der Waals surface area (Å²) >= 11 is 0. The van der Waals surface area contributed by atoms with Gasteiger partial charge in [-0.3, -0.25) is 0 Å². The van der Waals surface area contributed by atoms with Crippen molar-refractivity contribution >= 4 is 0 Å². The van der Waals surface area contributed by atoms with Gasteiger partial charge in [0.05, 0.1) is 13.2 Å². The fourth-order valence-electron chi connectivity index (χ4n) is 1.02. The molecule has 1 rings (SSSR count). The summed E-state index contributed by atoms with van der Waals surface area (Å²) in [6, 6.07) is 0. The minimum atomic E-state index is -0.825. The van der Waals surface area contributed by atoms with E-state index in [1.54, 1.807) is 14.0 Å². The molecule has 3 heteroatoms. The molecular formula is C9H18O3. The molecule has 1 fully saturated rings. The molecule has 0 saturated carbocycles. The summed E-state index contributed by atoms with van der Waals surface area (Å²) in [7, 11) is 1.59. The lowest BCUT2D eigenvalue weighted by Crippen LogP contribution is -2.47. The van der Waals surface area contributed by atoms with Crippen molar-refractivity contribution in [2.45, 2.75) is 33.2 Å². The van der Waals surface area contributed by atoms with Gasteiger partial charge in [0.25, 0.3) is 5.97 Å². The van der Waals surface area contributed by atoms with Crippen molar-refractivity contribution in [3.8, 4) is 0 Å². The number of rotatable bonds is 2. The van der Waals surface area contributed by atoms with Gasteiger partial charge in [0.1, 0.15) is 0 Å².